The first kappa shape index (κ1) is 14.1. The molecule has 0 amide bonds. The first-order chi connectivity index (χ1) is 9.73. The van der Waals surface area contributed by atoms with Gasteiger partial charge in [-0.05, 0) is 32.3 Å². The molecule has 1 saturated carbocycles. The Morgan fingerprint density at radius 1 is 1.40 bits per heavy atom. The molecule has 2 fully saturated rings. The predicted molar refractivity (Wildman–Crippen MR) is 79.6 cm³/mol. The summed E-state index contributed by atoms with van der Waals surface area (Å²) in [6.45, 7) is 3.67. The third-order valence-corrected chi connectivity index (χ3v) is 5.38. The van der Waals surface area contributed by atoms with E-state index >= 15 is 0 Å². The molecule has 112 valence electrons. The second-order valence-corrected chi connectivity index (χ2v) is 6.59. The number of ether oxygens (including phenoxy) is 1. The zero-order chi connectivity index (χ0) is 14.0. The van der Waals surface area contributed by atoms with Gasteiger partial charge < -0.3 is 10.5 Å². The van der Waals surface area contributed by atoms with E-state index in [-0.39, 0.29) is 11.5 Å². The maximum atomic E-state index is 6.04. The van der Waals surface area contributed by atoms with Crippen LogP contribution >= 0.6 is 0 Å². The standard InChI is InChI=1S/C16H27N3O/c1-13-16(12-17,8-10-20-13)11-14-7-9-19(18-14)15-5-3-2-4-6-15/h7,9,13,15H,2-6,8,10-12,17H2,1H3. The van der Waals surface area contributed by atoms with Crippen LogP contribution in [0.25, 0.3) is 0 Å². The summed E-state index contributed by atoms with van der Waals surface area (Å²) in [6, 6.07) is 2.79. The van der Waals surface area contributed by atoms with Crippen molar-refractivity contribution in [2.45, 2.75) is 64.0 Å². The normalized spacial score (nSPS) is 31.8. The highest BCUT2D eigenvalue weighted by molar-refractivity contribution is 5.07. The number of nitrogens with zero attached hydrogens (tertiary/aromatic N) is 2. The van der Waals surface area contributed by atoms with E-state index in [0.29, 0.717) is 12.6 Å². The summed E-state index contributed by atoms with van der Waals surface area (Å²) in [5.41, 5.74) is 7.31. The maximum Gasteiger partial charge on any atom is 0.0631 e. The highest BCUT2D eigenvalue weighted by Gasteiger charge is 2.40. The van der Waals surface area contributed by atoms with E-state index in [4.69, 9.17) is 15.6 Å². The van der Waals surface area contributed by atoms with Crippen molar-refractivity contribution in [1.82, 2.24) is 9.78 Å². The fourth-order valence-corrected chi connectivity index (χ4v) is 3.77. The number of hydrogen-bond acceptors (Lipinski definition) is 3. The van der Waals surface area contributed by atoms with E-state index in [0.717, 1.165) is 19.4 Å². The SMILES string of the molecule is CC1OCCC1(CN)Cc1ccn(C2CCCCC2)n1. The Morgan fingerprint density at radius 3 is 2.85 bits per heavy atom. The van der Waals surface area contributed by atoms with Crippen molar-refractivity contribution in [1.29, 1.82) is 0 Å². The van der Waals surface area contributed by atoms with E-state index in [2.05, 4.69) is 23.9 Å². The minimum absolute atomic E-state index is 0.0890. The molecule has 0 bridgehead atoms. The summed E-state index contributed by atoms with van der Waals surface area (Å²) in [7, 11) is 0. The molecule has 3 rings (SSSR count). The van der Waals surface area contributed by atoms with Crippen molar-refractivity contribution in [2.24, 2.45) is 11.1 Å². The minimum Gasteiger partial charge on any atom is -0.378 e. The molecule has 1 aromatic rings. The van der Waals surface area contributed by atoms with Crippen LogP contribution in [0.2, 0.25) is 0 Å². The minimum atomic E-state index is 0.0890. The van der Waals surface area contributed by atoms with Crippen LogP contribution in [0.5, 0.6) is 0 Å². The lowest BCUT2D eigenvalue weighted by atomic mass is 9.77. The summed E-state index contributed by atoms with van der Waals surface area (Å²) >= 11 is 0. The molecule has 4 heteroatoms. The van der Waals surface area contributed by atoms with Crippen molar-refractivity contribution in [3.8, 4) is 0 Å². The molecular formula is C16H27N3O. The van der Waals surface area contributed by atoms with Crippen molar-refractivity contribution >= 4 is 0 Å². The molecule has 20 heavy (non-hydrogen) atoms. The second-order valence-electron chi connectivity index (χ2n) is 6.59. The first-order valence-corrected chi connectivity index (χ1v) is 8.09. The van der Waals surface area contributed by atoms with Crippen molar-refractivity contribution in [2.75, 3.05) is 13.2 Å². The molecule has 2 N–H and O–H groups in total. The van der Waals surface area contributed by atoms with Gasteiger partial charge in [-0.25, -0.2) is 0 Å². The largest absolute Gasteiger partial charge is 0.378 e. The third-order valence-electron chi connectivity index (χ3n) is 5.38. The summed E-state index contributed by atoms with van der Waals surface area (Å²) in [6.07, 6.45) is 11.0. The van der Waals surface area contributed by atoms with Gasteiger partial charge in [0.2, 0.25) is 0 Å². The van der Waals surface area contributed by atoms with Crippen LogP contribution in [0.4, 0.5) is 0 Å². The molecule has 2 unspecified atom stereocenters. The molecule has 2 aliphatic rings. The van der Waals surface area contributed by atoms with Crippen molar-refractivity contribution < 1.29 is 4.74 Å². The van der Waals surface area contributed by atoms with E-state index < -0.39 is 0 Å². The van der Waals surface area contributed by atoms with Gasteiger partial charge in [0.1, 0.15) is 0 Å². The van der Waals surface area contributed by atoms with Gasteiger partial charge in [-0.3, -0.25) is 4.68 Å². The summed E-state index contributed by atoms with van der Waals surface area (Å²) in [5.74, 6) is 0. The van der Waals surface area contributed by atoms with Gasteiger partial charge >= 0.3 is 0 Å². The third kappa shape index (κ3) is 2.63. The van der Waals surface area contributed by atoms with Gasteiger partial charge in [0, 0.05) is 31.2 Å². The van der Waals surface area contributed by atoms with Crippen LogP contribution in [0.1, 0.15) is 57.2 Å². The van der Waals surface area contributed by atoms with Crippen LogP contribution in [0.15, 0.2) is 12.3 Å². The summed E-state index contributed by atoms with van der Waals surface area (Å²) in [5, 5.41) is 4.83. The van der Waals surface area contributed by atoms with E-state index in [1.807, 2.05) is 0 Å². The molecule has 0 radical (unpaired) electrons. The molecular weight excluding hydrogens is 250 g/mol. The number of aromatic nitrogens is 2. The number of hydrogen-bond donors (Lipinski definition) is 1. The van der Waals surface area contributed by atoms with E-state index in [1.54, 1.807) is 0 Å². The van der Waals surface area contributed by atoms with Crippen LogP contribution in [0, 0.1) is 5.41 Å². The van der Waals surface area contributed by atoms with Crippen LogP contribution in [-0.2, 0) is 11.2 Å². The lowest BCUT2D eigenvalue weighted by Gasteiger charge is -2.30. The fraction of sp³-hybridized carbons (Fsp3) is 0.812. The van der Waals surface area contributed by atoms with Crippen molar-refractivity contribution in [3.05, 3.63) is 18.0 Å². The van der Waals surface area contributed by atoms with Crippen molar-refractivity contribution in [3.63, 3.8) is 0 Å². The number of rotatable bonds is 4. The Kier molecular flexibility index (Phi) is 4.13. The summed E-state index contributed by atoms with van der Waals surface area (Å²) in [4.78, 5) is 0. The Labute approximate surface area is 121 Å². The van der Waals surface area contributed by atoms with Crippen LogP contribution in [-0.4, -0.2) is 29.0 Å². The molecule has 0 aromatic carbocycles. The predicted octanol–water partition coefficient (Wildman–Crippen LogP) is 2.68. The molecule has 2 atom stereocenters. The zero-order valence-corrected chi connectivity index (χ0v) is 12.6. The second kappa shape index (κ2) is 5.86. The van der Waals surface area contributed by atoms with Gasteiger partial charge in [0.05, 0.1) is 17.8 Å². The first-order valence-electron chi connectivity index (χ1n) is 8.09. The Bertz CT molecular complexity index is 439. The smallest absolute Gasteiger partial charge is 0.0631 e. The van der Waals surface area contributed by atoms with E-state index in [1.165, 1.54) is 37.8 Å². The summed E-state index contributed by atoms with van der Waals surface area (Å²) < 4.78 is 7.93. The topological polar surface area (TPSA) is 53.1 Å². The van der Waals surface area contributed by atoms with Crippen LogP contribution < -0.4 is 5.73 Å². The quantitative estimate of drug-likeness (QED) is 0.920. The van der Waals surface area contributed by atoms with E-state index in [9.17, 15) is 0 Å². The Balaban J connectivity index is 1.70. The highest BCUT2D eigenvalue weighted by atomic mass is 16.5. The van der Waals surface area contributed by atoms with Gasteiger partial charge in [-0.2, -0.15) is 5.10 Å². The molecule has 0 spiro atoms. The molecule has 1 saturated heterocycles. The lowest BCUT2D eigenvalue weighted by molar-refractivity contribution is 0.0668. The Hall–Kier alpha value is -0.870. The van der Waals surface area contributed by atoms with Gasteiger partial charge in [0.25, 0.3) is 0 Å². The molecule has 2 heterocycles. The lowest BCUT2D eigenvalue weighted by Crippen LogP contribution is -2.38. The van der Waals surface area contributed by atoms with Crippen LogP contribution in [0.3, 0.4) is 0 Å². The molecule has 4 nitrogen and oxygen atoms in total. The molecule has 1 aliphatic carbocycles. The Morgan fingerprint density at radius 2 is 2.20 bits per heavy atom. The molecule has 1 aliphatic heterocycles. The number of nitrogens with two attached hydrogens (primary N) is 1. The van der Waals surface area contributed by atoms with Gasteiger partial charge in [-0.1, -0.05) is 19.3 Å². The molecule has 1 aromatic heterocycles. The highest BCUT2D eigenvalue weighted by Crippen LogP contribution is 2.37. The average Bonchev–Trinajstić information content (AvgIpc) is 3.08. The van der Waals surface area contributed by atoms with Gasteiger partial charge in [-0.15, -0.1) is 0 Å². The average molecular weight is 277 g/mol. The fourth-order valence-electron chi connectivity index (χ4n) is 3.77. The zero-order valence-electron chi connectivity index (χ0n) is 12.6. The monoisotopic (exact) mass is 277 g/mol. The maximum absolute atomic E-state index is 6.04. The van der Waals surface area contributed by atoms with Gasteiger partial charge in [0.15, 0.2) is 0 Å².